The zero-order valence-electron chi connectivity index (χ0n) is 21.6. The summed E-state index contributed by atoms with van der Waals surface area (Å²) in [6.07, 6.45) is 1.95. The van der Waals surface area contributed by atoms with Crippen molar-refractivity contribution in [3.05, 3.63) is 112 Å². The van der Waals surface area contributed by atoms with Crippen molar-refractivity contribution in [1.82, 2.24) is 9.88 Å². The van der Waals surface area contributed by atoms with Crippen LogP contribution in [0.3, 0.4) is 0 Å². The Kier molecular flexibility index (Phi) is 8.60. The van der Waals surface area contributed by atoms with Crippen molar-refractivity contribution in [3.63, 3.8) is 0 Å². The summed E-state index contributed by atoms with van der Waals surface area (Å²) in [7, 11) is -1.97. The molecule has 0 spiro atoms. The summed E-state index contributed by atoms with van der Waals surface area (Å²) < 4.78 is 8.73. The Morgan fingerprint density at radius 1 is 0.919 bits per heavy atom. The topological polar surface area (TPSA) is 43.3 Å². The molecule has 1 aromatic heterocycles. The minimum absolute atomic E-state index is 0.0859. The van der Waals surface area contributed by atoms with Crippen molar-refractivity contribution in [2.45, 2.75) is 46.3 Å². The molecule has 0 bridgehead atoms. The van der Waals surface area contributed by atoms with E-state index in [0.29, 0.717) is 23.2 Å². The van der Waals surface area contributed by atoms with E-state index in [1.165, 1.54) is 17.3 Å². The number of carbonyl (C=O) groups is 1. The molecule has 3 aromatic carbocycles. The van der Waals surface area contributed by atoms with Gasteiger partial charge >= 0.3 is 0 Å². The van der Waals surface area contributed by atoms with Gasteiger partial charge in [0, 0.05) is 18.8 Å². The molecule has 1 N–H and O–H groups in total. The molecule has 4 rings (SSSR count). The SMILES string of the molecule is CC(=O)NCc1cccn1-c1cc(CO[SiH](c2ccccc2)c2ccccc2)c(Cl)c(C(C)(C)C)c1Cl. The van der Waals surface area contributed by atoms with Gasteiger partial charge in [-0.05, 0) is 45.1 Å². The quantitative estimate of drug-likeness (QED) is 0.283. The van der Waals surface area contributed by atoms with Gasteiger partial charge in [-0.3, -0.25) is 4.79 Å². The van der Waals surface area contributed by atoms with Gasteiger partial charge in [-0.15, -0.1) is 0 Å². The largest absolute Gasteiger partial charge is 0.407 e. The molecule has 7 heteroatoms. The fraction of sp³-hybridized carbons (Fsp3) is 0.233. The molecule has 0 aliphatic carbocycles. The first kappa shape index (κ1) is 27.2. The maximum atomic E-state index is 11.5. The molecule has 0 unspecified atom stereocenters. The van der Waals surface area contributed by atoms with E-state index >= 15 is 0 Å². The van der Waals surface area contributed by atoms with E-state index in [-0.39, 0.29) is 11.3 Å². The van der Waals surface area contributed by atoms with E-state index in [9.17, 15) is 4.79 Å². The smallest absolute Gasteiger partial charge is 0.240 e. The van der Waals surface area contributed by atoms with E-state index in [4.69, 9.17) is 27.6 Å². The number of nitrogens with one attached hydrogen (secondary N) is 1. The number of amides is 1. The Hall–Kier alpha value is -2.83. The third-order valence-electron chi connectivity index (χ3n) is 6.23. The number of carbonyl (C=O) groups excluding carboxylic acids is 1. The molecule has 4 aromatic rings. The van der Waals surface area contributed by atoms with Crippen molar-refractivity contribution < 1.29 is 9.22 Å². The van der Waals surface area contributed by atoms with Gasteiger partial charge in [0.1, 0.15) is 0 Å². The third-order valence-corrected chi connectivity index (χ3v) is 9.52. The van der Waals surface area contributed by atoms with E-state index in [1.54, 1.807) is 0 Å². The second-order valence-corrected chi connectivity index (χ2v) is 13.3. The molecule has 192 valence electrons. The second kappa shape index (κ2) is 11.7. The molecule has 0 aliphatic heterocycles. The molecule has 0 atom stereocenters. The van der Waals surface area contributed by atoms with Gasteiger partial charge in [-0.2, -0.15) is 0 Å². The molecule has 1 heterocycles. The first-order valence-electron chi connectivity index (χ1n) is 12.3. The summed E-state index contributed by atoms with van der Waals surface area (Å²) in [5.41, 5.74) is 3.21. The first-order chi connectivity index (χ1) is 17.7. The average molecular weight is 552 g/mol. The Labute approximate surface area is 230 Å². The van der Waals surface area contributed by atoms with Crippen LogP contribution in [0.15, 0.2) is 85.1 Å². The second-order valence-electron chi connectivity index (χ2n) is 10.1. The number of hydrogen-bond donors (Lipinski definition) is 1. The molecule has 1 amide bonds. The summed E-state index contributed by atoms with van der Waals surface area (Å²) in [6, 6.07) is 26.7. The van der Waals surface area contributed by atoms with E-state index in [1.807, 2.05) is 41.1 Å². The average Bonchev–Trinajstić information content (AvgIpc) is 3.33. The van der Waals surface area contributed by atoms with Crippen LogP contribution in [-0.4, -0.2) is 19.5 Å². The highest BCUT2D eigenvalue weighted by atomic mass is 35.5. The molecule has 0 fully saturated rings. The Morgan fingerprint density at radius 3 is 2.05 bits per heavy atom. The van der Waals surface area contributed by atoms with Crippen LogP contribution < -0.4 is 15.7 Å². The van der Waals surface area contributed by atoms with Crippen molar-refractivity contribution in [2.75, 3.05) is 0 Å². The lowest BCUT2D eigenvalue weighted by Crippen LogP contribution is -2.44. The van der Waals surface area contributed by atoms with Gasteiger partial charge in [-0.25, -0.2) is 0 Å². The highest BCUT2D eigenvalue weighted by Gasteiger charge is 2.27. The van der Waals surface area contributed by atoms with Crippen LogP contribution in [0.5, 0.6) is 0 Å². The summed E-state index contributed by atoms with van der Waals surface area (Å²) >= 11 is 14.1. The van der Waals surface area contributed by atoms with Crippen molar-refractivity contribution >= 4 is 48.5 Å². The van der Waals surface area contributed by atoms with E-state index < -0.39 is 9.04 Å². The van der Waals surface area contributed by atoms with Crippen molar-refractivity contribution in [1.29, 1.82) is 0 Å². The van der Waals surface area contributed by atoms with Gasteiger partial charge in [0.25, 0.3) is 0 Å². The Balaban J connectivity index is 1.77. The molecule has 0 saturated carbocycles. The van der Waals surface area contributed by atoms with Crippen LogP contribution in [0.25, 0.3) is 5.69 Å². The van der Waals surface area contributed by atoms with Gasteiger partial charge in [0.05, 0.1) is 28.9 Å². The minimum atomic E-state index is -1.97. The standard InChI is InChI=1S/C30H32Cl2N2O2Si/c1-21(35)33-19-23-12-11-17-34(23)26-18-22(28(31)27(29(26)32)30(2,3)4)20-36-37(24-13-7-5-8-14-24)25-15-9-6-10-16-25/h5-18,37H,19-20H2,1-4H3,(H,33,35). The lowest BCUT2D eigenvalue weighted by Gasteiger charge is -2.27. The number of hydrogen-bond acceptors (Lipinski definition) is 2. The summed E-state index contributed by atoms with van der Waals surface area (Å²) in [6.45, 7) is 8.58. The summed E-state index contributed by atoms with van der Waals surface area (Å²) in [5, 5.41) is 6.52. The molecule has 0 saturated heterocycles. The minimum Gasteiger partial charge on any atom is -0.407 e. The van der Waals surface area contributed by atoms with Crippen LogP contribution in [-0.2, 0) is 27.8 Å². The normalized spacial score (nSPS) is 11.6. The molecular formula is C30H32Cl2N2O2Si. The predicted octanol–water partition coefficient (Wildman–Crippen LogP) is 5.77. The lowest BCUT2D eigenvalue weighted by atomic mass is 9.85. The van der Waals surface area contributed by atoms with Crippen LogP contribution in [0.4, 0.5) is 0 Å². The molecule has 37 heavy (non-hydrogen) atoms. The maximum absolute atomic E-state index is 11.5. The van der Waals surface area contributed by atoms with E-state index in [0.717, 1.165) is 22.5 Å². The fourth-order valence-electron chi connectivity index (χ4n) is 4.44. The van der Waals surface area contributed by atoms with Gasteiger partial charge in [0.15, 0.2) is 0 Å². The van der Waals surface area contributed by atoms with Gasteiger partial charge in [-0.1, -0.05) is 105 Å². The van der Waals surface area contributed by atoms with Crippen LogP contribution in [0.2, 0.25) is 10.0 Å². The number of nitrogens with zero attached hydrogens (tertiary/aromatic N) is 1. The van der Waals surface area contributed by atoms with Gasteiger partial charge in [0.2, 0.25) is 14.9 Å². The molecular weight excluding hydrogens is 519 g/mol. The maximum Gasteiger partial charge on any atom is 0.240 e. The van der Waals surface area contributed by atoms with Crippen LogP contribution >= 0.6 is 23.2 Å². The summed E-state index contributed by atoms with van der Waals surface area (Å²) in [5.74, 6) is -0.0859. The number of aromatic nitrogens is 1. The molecule has 0 radical (unpaired) electrons. The third kappa shape index (κ3) is 6.36. The lowest BCUT2D eigenvalue weighted by molar-refractivity contribution is -0.119. The monoisotopic (exact) mass is 550 g/mol. The van der Waals surface area contributed by atoms with Crippen molar-refractivity contribution in [3.8, 4) is 5.69 Å². The molecule has 4 nitrogen and oxygen atoms in total. The number of halogens is 2. The predicted molar refractivity (Wildman–Crippen MR) is 156 cm³/mol. The van der Waals surface area contributed by atoms with Crippen LogP contribution in [0, 0.1) is 0 Å². The Bertz CT molecular complexity index is 1330. The first-order valence-corrected chi connectivity index (χ1v) is 14.7. The number of benzene rings is 3. The summed E-state index contributed by atoms with van der Waals surface area (Å²) in [4.78, 5) is 11.5. The zero-order valence-corrected chi connectivity index (χ0v) is 24.3. The van der Waals surface area contributed by atoms with Crippen LogP contribution in [0.1, 0.15) is 44.5 Å². The zero-order chi connectivity index (χ0) is 26.6. The molecule has 0 aliphatic rings. The Morgan fingerprint density at radius 2 is 1.51 bits per heavy atom. The fourth-order valence-corrected chi connectivity index (χ4v) is 7.76. The number of rotatable bonds is 8. The van der Waals surface area contributed by atoms with Crippen molar-refractivity contribution in [2.24, 2.45) is 0 Å². The highest BCUT2D eigenvalue weighted by Crippen LogP contribution is 2.41. The van der Waals surface area contributed by atoms with E-state index in [2.05, 4.69) is 74.6 Å². The highest BCUT2D eigenvalue weighted by molar-refractivity contribution is 6.80. The van der Waals surface area contributed by atoms with Gasteiger partial charge < -0.3 is 14.3 Å².